The highest BCUT2D eigenvalue weighted by atomic mass is 16.1. The molecule has 0 aromatic heterocycles. The third-order valence-electron chi connectivity index (χ3n) is 6.84. The molecule has 0 aliphatic heterocycles. The fraction of sp³-hybridized carbons (Fsp3) is 0.917. The van der Waals surface area contributed by atoms with E-state index in [1.165, 1.54) is 58.8 Å². The third-order valence-corrected chi connectivity index (χ3v) is 6.84. The Labute approximate surface area is 162 Å². The Morgan fingerprint density at radius 3 is 1.77 bits per heavy atom. The van der Waals surface area contributed by atoms with Crippen LogP contribution in [0, 0.1) is 29.6 Å². The Bertz CT molecular complexity index is 398. The molecule has 0 amide bonds. The number of Topliss-reactive ketones (excluding diaryl/α,β-unsaturated/α-hetero) is 2. The van der Waals surface area contributed by atoms with Crippen molar-refractivity contribution < 1.29 is 9.59 Å². The van der Waals surface area contributed by atoms with Crippen molar-refractivity contribution in [3.05, 3.63) is 0 Å². The van der Waals surface area contributed by atoms with Crippen molar-refractivity contribution in [2.75, 3.05) is 0 Å². The summed E-state index contributed by atoms with van der Waals surface area (Å²) in [6, 6.07) is 0. The Morgan fingerprint density at radius 2 is 1.46 bits per heavy atom. The van der Waals surface area contributed by atoms with Crippen LogP contribution in [0.15, 0.2) is 0 Å². The van der Waals surface area contributed by atoms with Crippen molar-refractivity contribution in [2.24, 2.45) is 29.6 Å². The fourth-order valence-electron chi connectivity index (χ4n) is 5.49. The standard InChI is InChI=1S/C11H22.C8H14.C5H8O2/c1-3-7-11-9-6-5-8-10(11)4-2;1-6-4-7-2-3-8(6)5-7;1-4(6)3-5(2)7/h10-11H,3-9H2,1-2H3;6-8H,2-5H2,1H3;3H2,1-2H3. The lowest BCUT2D eigenvalue weighted by Gasteiger charge is -2.30. The van der Waals surface area contributed by atoms with Crippen LogP contribution in [0.25, 0.3) is 0 Å². The van der Waals surface area contributed by atoms with E-state index in [9.17, 15) is 9.59 Å². The van der Waals surface area contributed by atoms with Crippen molar-refractivity contribution in [3.63, 3.8) is 0 Å². The lowest BCUT2D eigenvalue weighted by atomic mass is 9.76. The molecule has 5 unspecified atom stereocenters. The number of hydrogen-bond acceptors (Lipinski definition) is 2. The number of ketones is 2. The molecule has 2 nitrogen and oxygen atoms in total. The maximum atomic E-state index is 10.0. The van der Waals surface area contributed by atoms with E-state index in [2.05, 4.69) is 20.8 Å². The molecule has 0 aromatic carbocycles. The first kappa shape index (κ1) is 23.4. The lowest BCUT2D eigenvalue weighted by molar-refractivity contribution is -0.124. The van der Waals surface area contributed by atoms with Gasteiger partial charge >= 0.3 is 0 Å². The molecule has 0 aromatic rings. The molecule has 3 aliphatic rings. The summed E-state index contributed by atoms with van der Waals surface area (Å²) in [4.78, 5) is 20.1. The maximum Gasteiger partial charge on any atom is 0.137 e. The van der Waals surface area contributed by atoms with Crippen LogP contribution in [0.5, 0.6) is 0 Å². The average Bonchev–Trinajstić information content (AvgIpc) is 3.18. The largest absolute Gasteiger partial charge is 0.300 e. The van der Waals surface area contributed by atoms with Crippen molar-refractivity contribution in [3.8, 4) is 0 Å². The highest BCUT2D eigenvalue weighted by Gasteiger charge is 2.36. The van der Waals surface area contributed by atoms with E-state index in [0.29, 0.717) is 0 Å². The molecule has 3 rings (SSSR count). The summed E-state index contributed by atoms with van der Waals surface area (Å²) < 4.78 is 0. The predicted octanol–water partition coefficient (Wildman–Crippen LogP) is 7.00. The van der Waals surface area contributed by atoms with Gasteiger partial charge in [0.1, 0.15) is 11.6 Å². The van der Waals surface area contributed by atoms with Gasteiger partial charge in [-0.1, -0.05) is 72.1 Å². The first-order valence-electron chi connectivity index (χ1n) is 11.4. The van der Waals surface area contributed by atoms with Crippen molar-refractivity contribution in [1.82, 2.24) is 0 Å². The highest BCUT2D eigenvalue weighted by Crippen LogP contribution is 2.47. The Morgan fingerprint density at radius 1 is 0.846 bits per heavy atom. The van der Waals surface area contributed by atoms with Gasteiger partial charge in [-0.15, -0.1) is 0 Å². The molecule has 5 atom stereocenters. The molecule has 3 saturated carbocycles. The fourth-order valence-corrected chi connectivity index (χ4v) is 5.49. The smallest absolute Gasteiger partial charge is 0.137 e. The zero-order chi connectivity index (χ0) is 19.5. The quantitative estimate of drug-likeness (QED) is 0.492. The minimum Gasteiger partial charge on any atom is -0.300 e. The average molecular weight is 365 g/mol. The van der Waals surface area contributed by atoms with Gasteiger partial charge < -0.3 is 0 Å². The second kappa shape index (κ2) is 12.7. The van der Waals surface area contributed by atoms with Gasteiger partial charge in [0, 0.05) is 0 Å². The van der Waals surface area contributed by atoms with E-state index in [4.69, 9.17) is 0 Å². The van der Waals surface area contributed by atoms with E-state index in [1.54, 1.807) is 25.7 Å². The summed E-state index contributed by atoms with van der Waals surface area (Å²) in [7, 11) is 0. The Hall–Kier alpha value is -0.660. The molecule has 0 radical (unpaired) electrons. The van der Waals surface area contributed by atoms with Crippen LogP contribution in [0.1, 0.15) is 112 Å². The van der Waals surface area contributed by atoms with Crippen molar-refractivity contribution in [1.29, 1.82) is 0 Å². The van der Waals surface area contributed by atoms with Gasteiger partial charge in [0.15, 0.2) is 0 Å². The number of carbonyl (C=O) groups excluding carboxylic acids is 2. The highest BCUT2D eigenvalue weighted by molar-refractivity contribution is 5.96. The molecule has 26 heavy (non-hydrogen) atoms. The van der Waals surface area contributed by atoms with Crippen LogP contribution in [0.4, 0.5) is 0 Å². The zero-order valence-electron chi connectivity index (χ0n) is 18.2. The molecule has 152 valence electrons. The van der Waals surface area contributed by atoms with E-state index < -0.39 is 0 Å². The van der Waals surface area contributed by atoms with Gasteiger partial charge in [0.2, 0.25) is 0 Å². The van der Waals surface area contributed by atoms with Gasteiger partial charge in [0.05, 0.1) is 6.42 Å². The summed E-state index contributed by atoms with van der Waals surface area (Å²) in [5.41, 5.74) is 0. The summed E-state index contributed by atoms with van der Waals surface area (Å²) in [6.45, 7) is 9.91. The minimum absolute atomic E-state index is 0.0625. The number of carbonyl (C=O) groups is 2. The summed E-state index contributed by atoms with van der Waals surface area (Å²) in [6.07, 6.45) is 16.6. The molecular weight excluding hydrogens is 320 g/mol. The third kappa shape index (κ3) is 8.82. The monoisotopic (exact) mass is 364 g/mol. The van der Waals surface area contributed by atoms with E-state index in [0.717, 1.165) is 29.6 Å². The van der Waals surface area contributed by atoms with Crippen molar-refractivity contribution in [2.45, 2.75) is 112 Å². The maximum absolute atomic E-state index is 10.0. The van der Waals surface area contributed by atoms with Crippen LogP contribution < -0.4 is 0 Å². The topological polar surface area (TPSA) is 34.1 Å². The van der Waals surface area contributed by atoms with Crippen LogP contribution in [-0.4, -0.2) is 11.6 Å². The van der Waals surface area contributed by atoms with Gasteiger partial charge in [-0.3, -0.25) is 9.59 Å². The van der Waals surface area contributed by atoms with Gasteiger partial charge in [0.25, 0.3) is 0 Å². The minimum atomic E-state index is -0.0625. The van der Waals surface area contributed by atoms with Crippen molar-refractivity contribution >= 4 is 11.6 Å². The van der Waals surface area contributed by atoms with Crippen LogP contribution >= 0.6 is 0 Å². The summed E-state index contributed by atoms with van der Waals surface area (Å²) >= 11 is 0. The summed E-state index contributed by atoms with van der Waals surface area (Å²) in [5, 5.41) is 0. The molecular formula is C24H44O2. The van der Waals surface area contributed by atoms with E-state index in [-0.39, 0.29) is 18.0 Å². The zero-order valence-corrected chi connectivity index (χ0v) is 18.2. The molecule has 0 heterocycles. The Balaban J connectivity index is 0.000000201. The molecule has 0 spiro atoms. The molecule has 0 N–H and O–H groups in total. The molecule has 0 saturated heterocycles. The molecule has 2 bridgehead atoms. The predicted molar refractivity (Wildman–Crippen MR) is 111 cm³/mol. The number of fused-ring (bicyclic) bond motifs is 2. The number of hydrogen-bond donors (Lipinski definition) is 0. The van der Waals surface area contributed by atoms with Crippen LogP contribution in [0.3, 0.4) is 0 Å². The first-order valence-corrected chi connectivity index (χ1v) is 11.4. The second-order valence-electron chi connectivity index (χ2n) is 9.23. The van der Waals surface area contributed by atoms with E-state index in [1.807, 2.05) is 0 Å². The normalized spacial score (nSPS) is 32.1. The van der Waals surface area contributed by atoms with Gasteiger partial charge in [-0.2, -0.15) is 0 Å². The Kier molecular flexibility index (Phi) is 11.4. The molecule has 2 heteroatoms. The summed E-state index contributed by atoms with van der Waals surface area (Å²) in [5.74, 6) is 5.39. The van der Waals surface area contributed by atoms with E-state index >= 15 is 0 Å². The van der Waals surface area contributed by atoms with Gasteiger partial charge in [-0.25, -0.2) is 0 Å². The lowest BCUT2D eigenvalue weighted by Crippen LogP contribution is -2.18. The van der Waals surface area contributed by atoms with Crippen LogP contribution in [-0.2, 0) is 9.59 Å². The van der Waals surface area contributed by atoms with Gasteiger partial charge in [-0.05, 0) is 62.7 Å². The molecule has 3 fully saturated rings. The molecule has 3 aliphatic carbocycles. The first-order chi connectivity index (χ1) is 12.4. The van der Waals surface area contributed by atoms with Crippen LogP contribution in [0.2, 0.25) is 0 Å². The SMILES string of the molecule is CC(=O)CC(C)=O.CC1CC2CCC1C2.CCCC1CCCCC1CC. The second-order valence-corrected chi connectivity index (χ2v) is 9.23. The number of rotatable bonds is 5.